The molecule has 1 aromatic heterocycles. The molecule has 1 aliphatic rings. The van der Waals surface area contributed by atoms with Crippen LogP contribution in [0.2, 0.25) is 0 Å². The summed E-state index contributed by atoms with van der Waals surface area (Å²) in [6.45, 7) is 1.89. The van der Waals surface area contributed by atoms with Gasteiger partial charge in [-0.15, -0.1) is 0 Å². The summed E-state index contributed by atoms with van der Waals surface area (Å²) in [5.74, 6) is -1.09. The third-order valence-electron chi connectivity index (χ3n) is 2.58. The van der Waals surface area contributed by atoms with E-state index in [1.165, 1.54) is 13.0 Å². The molecule has 1 aromatic rings. The zero-order chi connectivity index (χ0) is 13.3. The van der Waals surface area contributed by atoms with E-state index in [9.17, 15) is 13.2 Å². The Hall–Kier alpha value is -1.83. The lowest BCUT2D eigenvalue weighted by molar-refractivity contribution is 0.0696. The Labute approximate surface area is 104 Å². The average molecular weight is 272 g/mol. The van der Waals surface area contributed by atoms with Gasteiger partial charge in [-0.05, 0) is 13.0 Å². The normalized spacial score (nSPS) is 14.8. The minimum absolute atomic E-state index is 0.0657. The van der Waals surface area contributed by atoms with Gasteiger partial charge >= 0.3 is 5.97 Å². The SMILES string of the molecule is CCS(=O)(=O)N1CCOc2ncc(C(=O)O)cc21. The number of carboxylic acid groups (broad SMARTS) is 1. The minimum Gasteiger partial charge on any atom is -0.478 e. The van der Waals surface area contributed by atoms with Gasteiger partial charge in [-0.2, -0.15) is 0 Å². The largest absolute Gasteiger partial charge is 0.478 e. The van der Waals surface area contributed by atoms with Crippen LogP contribution in [0.5, 0.6) is 5.88 Å². The highest BCUT2D eigenvalue weighted by Gasteiger charge is 2.29. The first-order valence-corrected chi connectivity index (χ1v) is 6.93. The molecule has 0 unspecified atom stereocenters. The van der Waals surface area contributed by atoms with Crippen molar-refractivity contribution in [3.8, 4) is 5.88 Å². The van der Waals surface area contributed by atoms with Crippen molar-refractivity contribution in [3.63, 3.8) is 0 Å². The molecule has 1 aliphatic heterocycles. The molecule has 0 saturated carbocycles. The lowest BCUT2D eigenvalue weighted by atomic mass is 10.2. The van der Waals surface area contributed by atoms with Gasteiger partial charge in [0.1, 0.15) is 12.3 Å². The lowest BCUT2D eigenvalue weighted by Gasteiger charge is -2.29. The predicted molar refractivity (Wildman–Crippen MR) is 63.5 cm³/mol. The average Bonchev–Trinajstić information content (AvgIpc) is 2.37. The van der Waals surface area contributed by atoms with Crippen LogP contribution in [0, 0.1) is 0 Å². The molecule has 0 amide bonds. The number of ether oxygens (including phenoxy) is 1. The molecular weight excluding hydrogens is 260 g/mol. The van der Waals surface area contributed by atoms with Gasteiger partial charge in [0.2, 0.25) is 15.9 Å². The first-order valence-electron chi connectivity index (χ1n) is 5.32. The molecule has 0 spiro atoms. The number of anilines is 1. The maximum atomic E-state index is 11.9. The quantitative estimate of drug-likeness (QED) is 0.851. The molecule has 2 rings (SSSR count). The number of rotatable bonds is 3. The summed E-state index contributed by atoms with van der Waals surface area (Å²) in [5.41, 5.74) is 0.110. The molecule has 7 nitrogen and oxygen atoms in total. The Balaban J connectivity index is 2.54. The standard InChI is InChI=1S/C10H12N2O5S/c1-2-18(15,16)12-3-4-17-9-8(12)5-7(6-11-9)10(13)14/h5-6H,2-4H2,1H3,(H,13,14). The molecule has 0 aliphatic carbocycles. The fourth-order valence-electron chi connectivity index (χ4n) is 1.64. The van der Waals surface area contributed by atoms with Crippen molar-refractivity contribution in [1.29, 1.82) is 0 Å². The highest BCUT2D eigenvalue weighted by atomic mass is 32.2. The van der Waals surface area contributed by atoms with Crippen LogP contribution < -0.4 is 9.04 Å². The Bertz CT molecular complexity index is 584. The van der Waals surface area contributed by atoms with Crippen molar-refractivity contribution < 1.29 is 23.1 Å². The van der Waals surface area contributed by atoms with Crippen molar-refractivity contribution in [2.45, 2.75) is 6.92 Å². The van der Waals surface area contributed by atoms with Gasteiger partial charge in [-0.1, -0.05) is 0 Å². The third-order valence-corrected chi connectivity index (χ3v) is 4.36. The summed E-state index contributed by atoms with van der Waals surface area (Å²) in [7, 11) is -3.46. The number of carboxylic acids is 1. The zero-order valence-electron chi connectivity index (χ0n) is 9.66. The number of pyridine rings is 1. The van der Waals surface area contributed by atoms with Crippen LogP contribution in [0.3, 0.4) is 0 Å². The number of carbonyl (C=O) groups is 1. The zero-order valence-corrected chi connectivity index (χ0v) is 10.5. The van der Waals surface area contributed by atoms with Crippen molar-refractivity contribution in [3.05, 3.63) is 17.8 Å². The third kappa shape index (κ3) is 2.10. The fraction of sp³-hybridized carbons (Fsp3) is 0.400. The maximum absolute atomic E-state index is 11.9. The lowest BCUT2D eigenvalue weighted by Crippen LogP contribution is -2.39. The molecule has 0 aromatic carbocycles. The monoisotopic (exact) mass is 272 g/mol. The summed E-state index contributed by atoms with van der Waals surface area (Å²) < 4.78 is 30.1. The van der Waals surface area contributed by atoms with E-state index in [4.69, 9.17) is 9.84 Å². The van der Waals surface area contributed by atoms with E-state index in [2.05, 4.69) is 4.98 Å². The number of aromatic carboxylic acids is 1. The van der Waals surface area contributed by atoms with Gasteiger partial charge in [0, 0.05) is 6.20 Å². The van der Waals surface area contributed by atoms with Gasteiger partial charge in [-0.25, -0.2) is 18.2 Å². The van der Waals surface area contributed by atoms with Gasteiger partial charge in [-0.3, -0.25) is 4.31 Å². The Morgan fingerprint density at radius 3 is 2.94 bits per heavy atom. The number of hydrogen-bond acceptors (Lipinski definition) is 5. The molecule has 0 bridgehead atoms. The second-order valence-electron chi connectivity index (χ2n) is 3.67. The van der Waals surface area contributed by atoms with Crippen LogP contribution in [0.4, 0.5) is 5.69 Å². The number of sulfonamides is 1. The minimum atomic E-state index is -3.46. The molecule has 0 saturated heterocycles. The molecule has 8 heteroatoms. The van der Waals surface area contributed by atoms with Gasteiger partial charge in [0.05, 0.1) is 17.9 Å². The van der Waals surface area contributed by atoms with E-state index in [1.54, 1.807) is 0 Å². The van der Waals surface area contributed by atoms with Crippen molar-refractivity contribution in [1.82, 2.24) is 4.98 Å². The summed E-state index contributed by atoms with van der Waals surface area (Å²) in [6, 6.07) is 1.26. The first-order chi connectivity index (χ1) is 8.45. The van der Waals surface area contributed by atoms with Crippen LogP contribution in [0.25, 0.3) is 0 Å². The Kier molecular flexibility index (Phi) is 3.12. The molecule has 98 valence electrons. The molecular formula is C10H12N2O5S. The molecule has 1 N–H and O–H groups in total. The predicted octanol–water partition coefficient (Wildman–Crippen LogP) is 0.328. The van der Waals surface area contributed by atoms with Crippen LogP contribution >= 0.6 is 0 Å². The number of fused-ring (bicyclic) bond motifs is 1. The summed E-state index contributed by atoms with van der Waals surface area (Å²) in [5, 5.41) is 8.88. The van der Waals surface area contributed by atoms with Gasteiger partial charge in [0.25, 0.3) is 0 Å². The highest BCUT2D eigenvalue weighted by Crippen LogP contribution is 2.32. The Morgan fingerprint density at radius 1 is 1.61 bits per heavy atom. The van der Waals surface area contributed by atoms with Crippen LogP contribution in [0.1, 0.15) is 17.3 Å². The number of aromatic nitrogens is 1. The molecule has 18 heavy (non-hydrogen) atoms. The van der Waals surface area contributed by atoms with Crippen LogP contribution in [-0.4, -0.2) is 43.4 Å². The molecule has 0 radical (unpaired) electrons. The van der Waals surface area contributed by atoms with Crippen LogP contribution in [-0.2, 0) is 10.0 Å². The summed E-state index contributed by atoms with van der Waals surface area (Å²) in [6.07, 6.45) is 1.14. The number of nitrogens with zero attached hydrogens (tertiary/aromatic N) is 2. The topological polar surface area (TPSA) is 96.8 Å². The molecule has 0 fully saturated rings. The Morgan fingerprint density at radius 2 is 2.33 bits per heavy atom. The van der Waals surface area contributed by atoms with E-state index < -0.39 is 16.0 Å². The van der Waals surface area contributed by atoms with Crippen molar-refractivity contribution in [2.24, 2.45) is 0 Å². The smallest absolute Gasteiger partial charge is 0.337 e. The second-order valence-corrected chi connectivity index (χ2v) is 5.86. The van der Waals surface area contributed by atoms with Crippen molar-refractivity contribution in [2.75, 3.05) is 23.2 Å². The van der Waals surface area contributed by atoms with Crippen molar-refractivity contribution >= 4 is 21.7 Å². The fourth-order valence-corrected chi connectivity index (χ4v) is 2.73. The van der Waals surface area contributed by atoms with E-state index in [0.29, 0.717) is 0 Å². The second kappa shape index (κ2) is 4.45. The van der Waals surface area contributed by atoms with E-state index in [1.807, 2.05) is 0 Å². The first kappa shape index (κ1) is 12.6. The summed E-state index contributed by atoms with van der Waals surface area (Å²) in [4.78, 5) is 14.7. The van der Waals surface area contributed by atoms with E-state index >= 15 is 0 Å². The van der Waals surface area contributed by atoms with E-state index in [0.717, 1.165) is 10.5 Å². The van der Waals surface area contributed by atoms with Gasteiger partial charge < -0.3 is 9.84 Å². The molecule has 0 atom stereocenters. The van der Waals surface area contributed by atoms with Gasteiger partial charge in [0.15, 0.2) is 0 Å². The molecule has 2 heterocycles. The maximum Gasteiger partial charge on any atom is 0.337 e. The summed E-state index contributed by atoms with van der Waals surface area (Å²) >= 11 is 0. The van der Waals surface area contributed by atoms with E-state index in [-0.39, 0.29) is 36.0 Å². The number of hydrogen-bond donors (Lipinski definition) is 1. The van der Waals surface area contributed by atoms with Crippen LogP contribution in [0.15, 0.2) is 12.3 Å². The highest BCUT2D eigenvalue weighted by molar-refractivity contribution is 7.92.